The van der Waals surface area contributed by atoms with Crippen molar-refractivity contribution in [2.24, 2.45) is 11.8 Å². The van der Waals surface area contributed by atoms with E-state index in [0.29, 0.717) is 5.92 Å². The van der Waals surface area contributed by atoms with Crippen LogP contribution in [0.2, 0.25) is 0 Å². The Hall–Kier alpha value is -2.24. The van der Waals surface area contributed by atoms with Gasteiger partial charge in [-0.2, -0.15) is 0 Å². The Bertz CT molecular complexity index is 552. The molecule has 21 heavy (non-hydrogen) atoms. The van der Waals surface area contributed by atoms with Crippen molar-refractivity contribution in [1.29, 1.82) is 0 Å². The molecule has 0 spiro atoms. The number of hydrogen-bond acceptors (Lipinski definition) is 6. The lowest BCUT2D eigenvalue weighted by atomic mass is 9.88. The van der Waals surface area contributed by atoms with Crippen molar-refractivity contribution >= 4 is 11.6 Å². The second-order valence-electron chi connectivity index (χ2n) is 5.81. The molecule has 2 fully saturated rings. The lowest BCUT2D eigenvalue weighted by molar-refractivity contribution is 0.348. The summed E-state index contributed by atoms with van der Waals surface area (Å²) < 4.78 is 0. The largest absolute Gasteiger partial charge is 0.369 e. The van der Waals surface area contributed by atoms with Crippen molar-refractivity contribution in [3.63, 3.8) is 0 Å². The molecule has 0 N–H and O–H groups in total. The fraction of sp³-hybridized carbons (Fsp3) is 0.467. The zero-order chi connectivity index (χ0) is 14.1. The normalized spacial score (nSPS) is 25.0. The third-order valence-electron chi connectivity index (χ3n) is 4.55. The molecule has 0 amide bonds. The van der Waals surface area contributed by atoms with Crippen LogP contribution >= 0.6 is 0 Å². The van der Waals surface area contributed by atoms with Crippen LogP contribution in [0.25, 0.3) is 0 Å². The van der Waals surface area contributed by atoms with Crippen LogP contribution in [0.3, 0.4) is 0 Å². The van der Waals surface area contributed by atoms with Gasteiger partial charge in [-0.15, -0.1) is 0 Å². The van der Waals surface area contributed by atoms with Gasteiger partial charge in [-0.1, -0.05) is 0 Å². The van der Waals surface area contributed by atoms with Gasteiger partial charge in [0.15, 0.2) is 0 Å². The SMILES string of the molecule is c1cnc(N2C[C@H]3CCN(c4cncnc4)C[C@H]3C2)nc1. The fourth-order valence-corrected chi connectivity index (χ4v) is 3.48. The van der Waals surface area contributed by atoms with Gasteiger partial charge in [0.1, 0.15) is 6.33 Å². The first-order chi connectivity index (χ1) is 10.4. The molecule has 2 saturated heterocycles. The van der Waals surface area contributed by atoms with Crippen molar-refractivity contribution in [2.45, 2.75) is 6.42 Å². The van der Waals surface area contributed by atoms with E-state index >= 15 is 0 Å². The zero-order valence-corrected chi connectivity index (χ0v) is 11.8. The molecule has 2 aromatic rings. The molecule has 6 nitrogen and oxygen atoms in total. The highest BCUT2D eigenvalue weighted by atomic mass is 15.3. The van der Waals surface area contributed by atoms with Crippen LogP contribution in [-0.4, -0.2) is 46.1 Å². The third kappa shape index (κ3) is 2.41. The summed E-state index contributed by atoms with van der Waals surface area (Å²) in [6, 6.07) is 1.86. The number of nitrogens with zero attached hydrogens (tertiary/aromatic N) is 6. The monoisotopic (exact) mass is 282 g/mol. The molecule has 0 radical (unpaired) electrons. The zero-order valence-electron chi connectivity index (χ0n) is 11.8. The molecule has 108 valence electrons. The highest BCUT2D eigenvalue weighted by Crippen LogP contribution is 2.34. The molecular formula is C15H18N6. The van der Waals surface area contributed by atoms with E-state index in [9.17, 15) is 0 Å². The second kappa shape index (κ2) is 5.27. The van der Waals surface area contributed by atoms with Gasteiger partial charge in [-0.05, 0) is 24.3 Å². The van der Waals surface area contributed by atoms with E-state index in [1.54, 1.807) is 6.33 Å². The lowest BCUT2D eigenvalue weighted by Gasteiger charge is -2.35. The van der Waals surface area contributed by atoms with Crippen LogP contribution < -0.4 is 9.80 Å². The highest BCUT2D eigenvalue weighted by molar-refractivity contribution is 5.43. The third-order valence-corrected chi connectivity index (χ3v) is 4.55. The maximum absolute atomic E-state index is 4.38. The van der Waals surface area contributed by atoms with Gasteiger partial charge in [0, 0.05) is 38.6 Å². The Morgan fingerprint density at radius 3 is 2.43 bits per heavy atom. The summed E-state index contributed by atoms with van der Waals surface area (Å²) in [7, 11) is 0. The minimum absolute atomic E-state index is 0.669. The summed E-state index contributed by atoms with van der Waals surface area (Å²) in [6.45, 7) is 4.27. The van der Waals surface area contributed by atoms with E-state index in [1.165, 1.54) is 6.42 Å². The molecule has 6 heteroatoms. The molecule has 2 atom stereocenters. The standard InChI is InChI=1S/C15H18N6/c1-3-18-15(19-4-1)21-8-12-2-5-20(9-13(12)10-21)14-6-16-11-17-7-14/h1,3-4,6-7,11-13H,2,5,8-10H2/t12-,13+/m1/s1. The van der Waals surface area contributed by atoms with Crippen molar-refractivity contribution in [1.82, 2.24) is 19.9 Å². The van der Waals surface area contributed by atoms with Crippen LogP contribution in [0.1, 0.15) is 6.42 Å². The van der Waals surface area contributed by atoms with Gasteiger partial charge in [-0.25, -0.2) is 19.9 Å². The number of fused-ring (bicyclic) bond motifs is 1. The fourth-order valence-electron chi connectivity index (χ4n) is 3.48. The Balaban J connectivity index is 1.47. The van der Waals surface area contributed by atoms with Crippen molar-refractivity contribution in [3.8, 4) is 0 Å². The Morgan fingerprint density at radius 1 is 0.905 bits per heavy atom. The molecule has 0 bridgehead atoms. The maximum atomic E-state index is 4.38. The summed E-state index contributed by atoms with van der Waals surface area (Å²) in [5, 5.41) is 0. The molecule has 0 unspecified atom stereocenters. The Labute approximate surface area is 123 Å². The van der Waals surface area contributed by atoms with E-state index in [2.05, 4.69) is 29.7 Å². The van der Waals surface area contributed by atoms with E-state index in [-0.39, 0.29) is 0 Å². The molecule has 0 aliphatic carbocycles. The number of hydrogen-bond donors (Lipinski definition) is 0. The van der Waals surface area contributed by atoms with Crippen LogP contribution in [0.4, 0.5) is 11.6 Å². The summed E-state index contributed by atoms with van der Waals surface area (Å²) in [5.74, 6) is 2.28. The van der Waals surface area contributed by atoms with Gasteiger partial charge in [-0.3, -0.25) is 0 Å². The predicted molar refractivity (Wildman–Crippen MR) is 80.1 cm³/mol. The van der Waals surface area contributed by atoms with Gasteiger partial charge >= 0.3 is 0 Å². The summed E-state index contributed by atoms with van der Waals surface area (Å²) in [5.41, 5.74) is 1.13. The number of piperidine rings is 1. The van der Waals surface area contributed by atoms with Crippen LogP contribution in [0.5, 0.6) is 0 Å². The van der Waals surface area contributed by atoms with Crippen LogP contribution in [-0.2, 0) is 0 Å². The lowest BCUT2D eigenvalue weighted by Crippen LogP contribution is -2.40. The molecular weight excluding hydrogens is 264 g/mol. The van der Waals surface area contributed by atoms with E-state index in [4.69, 9.17) is 0 Å². The van der Waals surface area contributed by atoms with Gasteiger partial charge in [0.25, 0.3) is 0 Å². The highest BCUT2D eigenvalue weighted by Gasteiger charge is 2.38. The average Bonchev–Trinajstić information content (AvgIpc) is 2.99. The summed E-state index contributed by atoms with van der Waals surface area (Å²) >= 11 is 0. The van der Waals surface area contributed by atoms with Crippen molar-refractivity contribution in [3.05, 3.63) is 37.2 Å². The van der Waals surface area contributed by atoms with E-state index < -0.39 is 0 Å². The van der Waals surface area contributed by atoms with Crippen LogP contribution in [0.15, 0.2) is 37.2 Å². The maximum Gasteiger partial charge on any atom is 0.225 e. The molecule has 0 saturated carbocycles. The van der Waals surface area contributed by atoms with Gasteiger partial charge < -0.3 is 9.80 Å². The predicted octanol–water partition coefficient (Wildman–Crippen LogP) is 1.23. The number of rotatable bonds is 2. The smallest absolute Gasteiger partial charge is 0.225 e. The minimum Gasteiger partial charge on any atom is -0.369 e. The minimum atomic E-state index is 0.669. The molecule has 2 aliphatic heterocycles. The Morgan fingerprint density at radius 2 is 1.62 bits per heavy atom. The molecule has 2 aliphatic rings. The second-order valence-corrected chi connectivity index (χ2v) is 5.81. The quantitative estimate of drug-likeness (QED) is 0.825. The van der Waals surface area contributed by atoms with Gasteiger partial charge in [0.05, 0.1) is 18.1 Å². The van der Waals surface area contributed by atoms with E-state index in [1.807, 2.05) is 30.9 Å². The molecule has 0 aromatic carbocycles. The number of anilines is 2. The van der Waals surface area contributed by atoms with Crippen LogP contribution in [0, 0.1) is 11.8 Å². The summed E-state index contributed by atoms with van der Waals surface area (Å²) in [4.78, 5) is 21.7. The first-order valence-corrected chi connectivity index (χ1v) is 7.42. The average molecular weight is 282 g/mol. The topological polar surface area (TPSA) is 58.0 Å². The first kappa shape index (κ1) is 12.5. The van der Waals surface area contributed by atoms with Crippen molar-refractivity contribution < 1.29 is 0 Å². The molecule has 4 rings (SSSR count). The molecule has 4 heterocycles. The molecule has 2 aromatic heterocycles. The van der Waals surface area contributed by atoms with Crippen molar-refractivity contribution in [2.75, 3.05) is 36.0 Å². The number of aromatic nitrogens is 4. The van der Waals surface area contributed by atoms with Gasteiger partial charge in [0.2, 0.25) is 5.95 Å². The summed E-state index contributed by atoms with van der Waals surface area (Å²) in [6.07, 6.45) is 10.2. The Kier molecular flexibility index (Phi) is 3.14. The van der Waals surface area contributed by atoms with E-state index in [0.717, 1.165) is 43.7 Å². The first-order valence-electron chi connectivity index (χ1n) is 7.42.